The summed E-state index contributed by atoms with van der Waals surface area (Å²) in [7, 11) is 0. The van der Waals surface area contributed by atoms with E-state index in [1.165, 1.54) is 0 Å². The number of fused-ring (bicyclic) bond motifs is 1. The summed E-state index contributed by atoms with van der Waals surface area (Å²) in [5, 5.41) is 2.04. The van der Waals surface area contributed by atoms with Gasteiger partial charge in [-0.15, -0.1) is 0 Å². The Labute approximate surface area is 126 Å². The third-order valence-electron chi connectivity index (χ3n) is 3.32. The molecule has 0 N–H and O–H groups in total. The molecule has 0 aliphatic heterocycles. The maximum atomic E-state index is 11.1. The van der Waals surface area contributed by atoms with Crippen LogP contribution in [0.15, 0.2) is 48.7 Å². The predicted molar refractivity (Wildman–Crippen MR) is 82.9 cm³/mol. The molecular weight excluding hydrogens is 293 g/mol. The molecule has 0 saturated heterocycles. The van der Waals surface area contributed by atoms with Crippen LogP contribution in [-0.2, 0) is 6.54 Å². The molecule has 1 aromatic heterocycles. The quantitative estimate of drug-likeness (QED) is 0.636. The molecule has 0 aliphatic carbocycles. The Hall–Kier alpha value is -1.77. The van der Waals surface area contributed by atoms with E-state index in [2.05, 4.69) is 0 Å². The average molecular weight is 304 g/mol. The molecule has 0 fully saturated rings. The van der Waals surface area contributed by atoms with Gasteiger partial charge in [0.2, 0.25) is 0 Å². The minimum atomic E-state index is 0.538. The summed E-state index contributed by atoms with van der Waals surface area (Å²) < 4.78 is 2.01. The fraction of sp³-hybridized carbons (Fsp3) is 0.0625. The summed E-state index contributed by atoms with van der Waals surface area (Å²) in [6.07, 6.45) is 2.72. The van der Waals surface area contributed by atoms with E-state index in [0.717, 1.165) is 22.8 Å². The molecule has 0 radical (unpaired) electrons. The fourth-order valence-corrected chi connectivity index (χ4v) is 2.73. The van der Waals surface area contributed by atoms with Crippen LogP contribution >= 0.6 is 23.2 Å². The summed E-state index contributed by atoms with van der Waals surface area (Å²) in [6.45, 7) is 0.577. The van der Waals surface area contributed by atoms with Crippen molar-refractivity contribution in [3.63, 3.8) is 0 Å². The molecule has 0 atom stereocenters. The zero-order chi connectivity index (χ0) is 14.1. The minimum absolute atomic E-state index is 0.538. The summed E-state index contributed by atoms with van der Waals surface area (Å²) in [4.78, 5) is 11.1. The molecule has 2 nitrogen and oxygen atoms in total. The molecule has 3 aromatic rings. The van der Waals surface area contributed by atoms with Crippen LogP contribution in [0, 0.1) is 0 Å². The first-order chi connectivity index (χ1) is 9.70. The third kappa shape index (κ3) is 2.21. The highest BCUT2D eigenvalue weighted by Gasteiger charge is 2.10. The predicted octanol–water partition coefficient (Wildman–Crippen LogP) is 4.81. The summed E-state index contributed by atoms with van der Waals surface area (Å²) in [6, 6.07) is 13.4. The van der Waals surface area contributed by atoms with Gasteiger partial charge in [-0.05, 0) is 17.7 Å². The maximum Gasteiger partial charge on any atom is 0.152 e. The highest BCUT2D eigenvalue weighted by Crippen LogP contribution is 2.28. The Morgan fingerprint density at radius 1 is 1.05 bits per heavy atom. The van der Waals surface area contributed by atoms with E-state index in [1.54, 1.807) is 6.07 Å². The summed E-state index contributed by atoms with van der Waals surface area (Å²) in [5.74, 6) is 0. The number of benzene rings is 2. The van der Waals surface area contributed by atoms with Crippen LogP contribution in [0.5, 0.6) is 0 Å². The average Bonchev–Trinajstić information content (AvgIpc) is 2.82. The first kappa shape index (κ1) is 13.2. The fourth-order valence-electron chi connectivity index (χ4n) is 2.35. The van der Waals surface area contributed by atoms with Crippen LogP contribution in [0.4, 0.5) is 0 Å². The van der Waals surface area contributed by atoms with Gasteiger partial charge in [-0.3, -0.25) is 4.79 Å². The highest BCUT2D eigenvalue weighted by atomic mass is 35.5. The number of carbonyl (C=O) groups excluding carboxylic acids is 1. The van der Waals surface area contributed by atoms with Gasteiger partial charge >= 0.3 is 0 Å². The first-order valence-corrected chi connectivity index (χ1v) is 6.92. The van der Waals surface area contributed by atoms with E-state index in [-0.39, 0.29) is 0 Å². The van der Waals surface area contributed by atoms with Crippen LogP contribution in [0.2, 0.25) is 10.0 Å². The zero-order valence-electron chi connectivity index (χ0n) is 10.5. The maximum absolute atomic E-state index is 11.1. The Bertz CT molecular complexity index is 792. The lowest BCUT2D eigenvalue weighted by Crippen LogP contribution is -1.98. The van der Waals surface area contributed by atoms with Crippen molar-refractivity contribution in [1.82, 2.24) is 4.57 Å². The summed E-state index contributed by atoms with van der Waals surface area (Å²) in [5.41, 5.74) is 2.61. The van der Waals surface area contributed by atoms with E-state index in [1.807, 2.05) is 47.2 Å². The van der Waals surface area contributed by atoms with Crippen LogP contribution in [0.25, 0.3) is 10.9 Å². The van der Waals surface area contributed by atoms with E-state index in [4.69, 9.17) is 23.2 Å². The van der Waals surface area contributed by atoms with Gasteiger partial charge in [-0.1, -0.05) is 53.5 Å². The molecule has 0 aliphatic rings. The molecule has 0 bridgehead atoms. The second kappa shape index (κ2) is 5.31. The van der Waals surface area contributed by atoms with Crippen molar-refractivity contribution in [2.45, 2.75) is 6.54 Å². The van der Waals surface area contributed by atoms with Gasteiger partial charge in [0.1, 0.15) is 0 Å². The van der Waals surface area contributed by atoms with Gasteiger partial charge in [0.15, 0.2) is 6.29 Å². The van der Waals surface area contributed by atoms with Crippen molar-refractivity contribution in [3.05, 3.63) is 69.8 Å². The largest absolute Gasteiger partial charge is 0.342 e. The lowest BCUT2D eigenvalue weighted by atomic mass is 10.2. The second-order valence-electron chi connectivity index (χ2n) is 4.56. The van der Waals surface area contributed by atoms with Crippen LogP contribution in [0.3, 0.4) is 0 Å². The van der Waals surface area contributed by atoms with Crippen molar-refractivity contribution in [1.29, 1.82) is 0 Å². The second-order valence-corrected chi connectivity index (χ2v) is 5.35. The number of hydrogen-bond acceptors (Lipinski definition) is 1. The van der Waals surface area contributed by atoms with Gasteiger partial charge in [0.25, 0.3) is 0 Å². The molecule has 0 spiro atoms. The van der Waals surface area contributed by atoms with Crippen molar-refractivity contribution >= 4 is 40.4 Å². The number of para-hydroxylation sites is 1. The number of nitrogens with zero attached hydrogens (tertiary/aromatic N) is 1. The van der Waals surface area contributed by atoms with E-state index in [0.29, 0.717) is 22.2 Å². The highest BCUT2D eigenvalue weighted by molar-refractivity contribution is 6.42. The van der Waals surface area contributed by atoms with Crippen LogP contribution in [0.1, 0.15) is 15.9 Å². The Kier molecular flexibility index (Phi) is 3.51. The van der Waals surface area contributed by atoms with E-state index < -0.39 is 0 Å². The number of aldehydes is 1. The van der Waals surface area contributed by atoms with Gasteiger partial charge in [-0.2, -0.15) is 0 Å². The number of halogens is 2. The number of carbonyl (C=O) groups is 1. The van der Waals surface area contributed by atoms with Gasteiger partial charge < -0.3 is 4.57 Å². The van der Waals surface area contributed by atoms with Gasteiger partial charge in [0.05, 0.1) is 10.0 Å². The van der Waals surface area contributed by atoms with Crippen molar-refractivity contribution in [2.24, 2.45) is 0 Å². The monoisotopic (exact) mass is 303 g/mol. The van der Waals surface area contributed by atoms with Gasteiger partial charge in [0, 0.05) is 29.2 Å². The third-order valence-corrected chi connectivity index (χ3v) is 4.18. The molecule has 2 aromatic carbocycles. The molecule has 0 amide bonds. The zero-order valence-corrected chi connectivity index (χ0v) is 12.0. The van der Waals surface area contributed by atoms with Crippen molar-refractivity contribution in [2.75, 3.05) is 0 Å². The Balaban J connectivity index is 2.11. The first-order valence-electron chi connectivity index (χ1n) is 6.16. The van der Waals surface area contributed by atoms with Crippen molar-refractivity contribution in [3.8, 4) is 0 Å². The SMILES string of the molecule is O=Cc1cn(Cc2cccc(Cl)c2Cl)c2ccccc12. The lowest BCUT2D eigenvalue weighted by Gasteiger charge is -2.08. The molecule has 0 unspecified atom stereocenters. The van der Waals surface area contributed by atoms with Crippen LogP contribution < -0.4 is 0 Å². The molecule has 100 valence electrons. The van der Waals surface area contributed by atoms with E-state index >= 15 is 0 Å². The Morgan fingerprint density at radius 2 is 1.85 bits per heavy atom. The minimum Gasteiger partial charge on any atom is -0.342 e. The normalized spacial score (nSPS) is 10.9. The number of rotatable bonds is 3. The summed E-state index contributed by atoms with van der Waals surface area (Å²) >= 11 is 12.3. The lowest BCUT2D eigenvalue weighted by molar-refractivity contribution is 0.112. The molecule has 1 heterocycles. The molecule has 0 saturated carbocycles. The molecule has 3 rings (SSSR count). The molecular formula is C16H11Cl2NO. The van der Waals surface area contributed by atoms with Gasteiger partial charge in [-0.25, -0.2) is 0 Å². The number of hydrogen-bond donors (Lipinski definition) is 0. The number of aromatic nitrogens is 1. The van der Waals surface area contributed by atoms with E-state index in [9.17, 15) is 4.79 Å². The molecule has 4 heteroatoms. The molecule has 20 heavy (non-hydrogen) atoms. The Morgan fingerprint density at radius 3 is 2.65 bits per heavy atom. The smallest absolute Gasteiger partial charge is 0.152 e. The van der Waals surface area contributed by atoms with Crippen LogP contribution in [-0.4, -0.2) is 10.9 Å². The standard InChI is InChI=1S/C16H11Cl2NO/c17-14-6-3-4-11(16(14)18)8-19-9-12(10-20)13-5-1-2-7-15(13)19/h1-7,9-10H,8H2. The topological polar surface area (TPSA) is 22.0 Å². The van der Waals surface area contributed by atoms with Crippen molar-refractivity contribution < 1.29 is 4.79 Å².